The van der Waals surface area contributed by atoms with Crippen molar-refractivity contribution in [1.82, 2.24) is 5.48 Å². The van der Waals surface area contributed by atoms with Gasteiger partial charge in [0.2, 0.25) is 0 Å². The van der Waals surface area contributed by atoms with Gasteiger partial charge >= 0.3 is 0 Å². The minimum atomic E-state index is -0.629. The molecule has 1 rings (SSSR count). The van der Waals surface area contributed by atoms with E-state index in [4.69, 9.17) is 14.3 Å². The van der Waals surface area contributed by atoms with Gasteiger partial charge in [0.15, 0.2) is 0 Å². The molecule has 18 heavy (non-hydrogen) atoms. The van der Waals surface area contributed by atoms with E-state index < -0.39 is 6.10 Å². The lowest BCUT2D eigenvalue weighted by Gasteiger charge is -2.13. The van der Waals surface area contributed by atoms with Crippen LogP contribution >= 0.6 is 15.9 Å². The zero-order valence-electron chi connectivity index (χ0n) is 10.3. The lowest BCUT2D eigenvalue weighted by molar-refractivity contribution is -0.0173. The van der Waals surface area contributed by atoms with Crippen LogP contribution in [0.1, 0.15) is 0 Å². The van der Waals surface area contributed by atoms with Gasteiger partial charge in [-0.25, -0.2) is 0 Å². The summed E-state index contributed by atoms with van der Waals surface area (Å²) in [7, 11) is 1.60. The molecule has 2 N–H and O–H groups in total. The van der Waals surface area contributed by atoms with Crippen molar-refractivity contribution in [2.45, 2.75) is 6.10 Å². The normalized spacial score (nSPS) is 12.4. The first-order valence-electron chi connectivity index (χ1n) is 5.62. The molecule has 0 saturated carbocycles. The number of halogens is 1. The molecule has 1 unspecified atom stereocenters. The average molecular weight is 320 g/mol. The smallest absolute Gasteiger partial charge is 0.119 e. The van der Waals surface area contributed by atoms with Crippen LogP contribution in [0.15, 0.2) is 28.7 Å². The molecule has 0 aliphatic heterocycles. The monoisotopic (exact) mass is 319 g/mol. The van der Waals surface area contributed by atoms with Gasteiger partial charge in [0, 0.05) is 11.6 Å². The zero-order chi connectivity index (χ0) is 13.2. The number of aliphatic hydroxyl groups is 1. The molecule has 0 heterocycles. The van der Waals surface area contributed by atoms with E-state index in [1.165, 1.54) is 0 Å². The maximum Gasteiger partial charge on any atom is 0.119 e. The van der Waals surface area contributed by atoms with Crippen molar-refractivity contribution in [1.29, 1.82) is 0 Å². The predicted octanol–water partition coefficient (Wildman–Crippen LogP) is 1.36. The molecule has 0 saturated heterocycles. The minimum Gasteiger partial charge on any atom is -0.491 e. The lowest BCUT2D eigenvalue weighted by Crippen LogP contribution is -2.32. The van der Waals surface area contributed by atoms with Crippen LogP contribution in [0.4, 0.5) is 0 Å². The van der Waals surface area contributed by atoms with E-state index in [9.17, 15) is 5.11 Å². The highest BCUT2D eigenvalue weighted by molar-refractivity contribution is 9.10. The summed E-state index contributed by atoms with van der Waals surface area (Å²) in [5.74, 6) is 0.720. The molecule has 0 aliphatic carbocycles. The minimum absolute atomic E-state index is 0.211. The summed E-state index contributed by atoms with van der Waals surface area (Å²) in [6, 6.07) is 7.43. The first-order chi connectivity index (χ1) is 8.72. The van der Waals surface area contributed by atoms with E-state index in [0.29, 0.717) is 19.8 Å². The van der Waals surface area contributed by atoms with Gasteiger partial charge in [-0.2, -0.15) is 5.48 Å². The van der Waals surface area contributed by atoms with Crippen molar-refractivity contribution in [3.05, 3.63) is 28.7 Å². The highest BCUT2D eigenvalue weighted by Crippen LogP contribution is 2.16. The molecule has 1 aromatic rings. The fourth-order valence-electron chi connectivity index (χ4n) is 1.13. The summed E-state index contributed by atoms with van der Waals surface area (Å²) in [6.45, 7) is 1.47. The topological polar surface area (TPSA) is 60.0 Å². The molecule has 1 atom stereocenters. The van der Waals surface area contributed by atoms with Gasteiger partial charge < -0.3 is 14.6 Å². The van der Waals surface area contributed by atoms with Crippen LogP contribution in [0.3, 0.4) is 0 Å². The Bertz CT molecular complexity index is 320. The van der Waals surface area contributed by atoms with Crippen molar-refractivity contribution in [3.63, 3.8) is 0 Å². The summed E-state index contributed by atoms with van der Waals surface area (Å²) in [5, 5.41) is 9.61. The third-order valence-electron chi connectivity index (χ3n) is 2.07. The number of ether oxygens (including phenoxy) is 2. The van der Waals surface area contributed by atoms with Crippen LogP contribution in [0.2, 0.25) is 0 Å². The third-order valence-corrected chi connectivity index (χ3v) is 2.60. The fraction of sp³-hybridized carbons (Fsp3) is 0.500. The van der Waals surface area contributed by atoms with Crippen LogP contribution in [0.5, 0.6) is 5.75 Å². The average Bonchev–Trinajstić information content (AvgIpc) is 2.38. The van der Waals surface area contributed by atoms with Crippen molar-refractivity contribution in [3.8, 4) is 5.75 Å². The standard InChI is InChI=1S/C12H18BrNO4/c1-16-6-7-18-14-8-11(15)9-17-12-4-2-10(13)3-5-12/h2-5,11,14-15H,6-9H2,1H3. The number of rotatable bonds is 9. The van der Waals surface area contributed by atoms with Gasteiger partial charge in [0.25, 0.3) is 0 Å². The Labute approximate surface area is 115 Å². The van der Waals surface area contributed by atoms with Gasteiger partial charge in [-0.15, -0.1) is 0 Å². The number of methoxy groups -OCH3 is 1. The Morgan fingerprint density at radius 1 is 1.28 bits per heavy atom. The molecule has 0 fully saturated rings. The number of benzene rings is 1. The molecular formula is C12H18BrNO4. The largest absolute Gasteiger partial charge is 0.491 e. The second-order valence-corrected chi connectivity index (χ2v) is 4.52. The number of hydrogen-bond donors (Lipinski definition) is 2. The van der Waals surface area contributed by atoms with Crippen LogP contribution in [0.25, 0.3) is 0 Å². The summed E-state index contributed by atoms with van der Waals surface area (Å²) < 4.78 is 11.2. The molecule has 0 radical (unpaired) electrons. The maximum atomic E-state index is 9.61. The molecule has 0 aromatic heterocycles. The molecule has 5 nitrogen and oxygen atoms in total. The van der Waals surface area contributed by atoms with Crippen molar-refractivity contribution < 1.29 is 19.4 Å². The highest BCUT2D eigenvalue weighted by atomic mass is 79.9. The SMILES string of the molecule is COCCONCC(O)COc1ccc(Br)cc1. The Kier molecular flexibility index (Phi) is 7.95. The summed E-state index contributed by atoms with van der Waals surface area (Å²) in [6.07, 6.45) is -0.629. The van der Waals surface area contributed by atoms with E-state index in [1.54, 1.807) is 7.11 Å². The van der Waals surface area contributed by atoms with E-state index in [0.717, 1.165) is 10.2 Å². The Balaban J connectivity index is 2.09. The Hall–Kier alpha value is -0.660. The third kappa shape index (κ3) is 6.93. The second-order valence-electron chi connectivity index (χ2n) is 3.61. The summed E-state index contributed by atoms with van der Waals surface area (Å²) in [4.78, 5) is 5.02. The molecule has 0 aliphatic rings. The highest BCUT2D eigenvalue weighted by Gasteiger charge is 2.04. The number of aliphatic hydroxyl groups excluding tert-OH is 1. The maximum absolute atomic E-state index is 9.61. The van der Waals surface area contributed by atoms with Crippen molar-refractivity contribution in [2.24, 2.45) is 0 Å². The van der Waals surface area contributed by atoms with Gasteiger partial charge in [-0.1, -0.05) is 15.9 Å². The van der Waals surface area contributed by atoms with Gasteiger partial charge in [0.05, 0.1) is 19.8 Å². The fourth-order valence-corrected chi connectivity index (χ4v) is 1.40. The van der Waals surface area contributed by atoms with E-state index >= 15 is 0 Å². The van der Waals surface area contributed by atoms with Crippen LogP contribution in [-0.4, -0.2) is 44.7 Å². The Morgan fingerprint density at radius 2 is 2.00 bits per heavy atom. The van der Waals surface area contributed by atoms with Crippen LogP contribution < -0.4 is 10.2 Å². The summed E-state index contributed by atoms with van der Waals surface area (Å²) in [5.41, 5.74) is 2.65. The summed E-state index contributed by atoms with van der Waals surface area (Å²) >= 11 is 3.34. The number of nitrogens with one attached hydrogen (secondary N) is 1. The van der Waals surface area contributed by atoms with Crippen LogP contribution in [0, 0.1) is 0 Å². The molecular weight excluding hydrogens is 302 g/mol. The Morgan fingerprint density at radius 3 is 2.67 bits per heavy atom. The quantitative estimate of drug-likeness (QED) is 0.531. The second kappa shape index (κ2) is 9.29. The molecule has 0 amide bonds. The molecule has 0 spiro atoms. The van der Waals surface area contributed by atoms with Crippen LogP contribution in [-0.2, 0) is 9.57 Å². The molecule has 0 bridgehead atoms. The number of hydrogen-bond acceptors (Lipinski definition) is 5. The molecule has 6 heteroatoms. The van der Waals surface area contributed by atoms with E-state index in [1.807, 2.05) is 24.3 Å². The molecule has 102 valence electrons. The molecule has 1 aromatic carbocycles. The van der Waals surface area contributed by atoms with Crippen molar-refractivity contribution >= 4 is 15.9 Å². The lowest BCUT2D eigenvalue weighted by atomic mass is 10.3. The zero-order valence-corrected chi connectivity index (χ0v) is 11.9. The van der Waals surface area contributed by atoms with E-state index in [2.05, 4.69) is 21.4 Å². The van der Waals surface area contributed by atoms with Crippen molar-refractivity contribution in [2.75, 3.05) is 33.5 Å². The van der Waals surface area contributed by atoms with Gasteiger partial charge in [-0.3, -0.25) is 4.84 Å². The first kappa shape index (κ1) is 15.4. The first-order valence-corrected chi connectivity index (χ1v) is 6.41. The predicted molar refractivity (Wildman–Crippen MR) is 71.5 cm³/mol. The number of hydroxylamine groups is 1. The van der Waals surface area contributed by atoms with Gasteiger partial charge in [-0.05, 0) is 24.3 Å². The van der Waals surface area contributed by atoms with Gasteiger partial charge in [0.1, 0.15) is 18.5 Å². The van der Waals surface area contributed by atoms with E-state index in [-0.39, 0.29) is 6.61 Å².